The van der Waals surface area contributed by atoms with E-state index in [1.165, 1.54) is 6.07 Å². The van der Waals surface area contributed by atoms with Crippen LogP contribution in [0.1, 0.15) is 6.92 Å². The van der Waals surface area contributed by atoms with E-state index in [0.29, 0.717) is 6.04 Å². The van der Waals surface area contributed by atoms with Crippen LogP contribution in [0.25, 0.3) is 0 Å². The maximum absolute atomic E-state index is 10.7. The van der Waals surface area contributed by atoms with Crippen molar-refractivity contribution in [2.45, 2.75) is 13.0 Å². The summed E-state index contributed by atoms with van der Waals surface area (Å²) in [6.07, 6.45) is 0. The summed E-state index contributed by atoms with van der Waals surface area (Å²) in [5, 5.41) is 13.0. The molecule has 6 nitrogen and oxygen atoms in total. The predicted molar refractivity (Wildman–Crippen MR) is 66.0 cm³/mol. The number of hydrogen-bond donors (Lipinski definition) is 2. The third-order valence-corrected chi connectivity index (χ3v) is 3.05. The third-order valence-electron chi connectivity index (χ3n) is 3.05. The van der Waals surface area contributed by atoms with Crippen LogP contribution in [0.2, 0.25) is 0 Å². The molecule has 0 bridgehead atoms. The number of nitro benzene ring substituents is 1. The minimum Gasteiger partial charge on any atom is -0.393 e. The van der Waals surface area contributed by atoms with Crippen molar-refractivity contribution in [3.8, 4) is 0 Å². The van der Waals surface area contributed by atoms with Crippen molar-refractivity contribution in [1.82, 2.24) is 0 Å². The number of hydrogen-bond acceptors (Lipinski definition) is 4. The lowest BCUT2D eigenvalue weighted by atomic mass is 10.2. The Kier molecular flexibility index (Phi) is 3.14. The summed E-state index contributed by atoms with van der Waals surface area (Å²) >= 11 is 0. The van der Waals surface area contributed by atoms with Gasteiger partial charge in [-0.2, -0.15) is 0 Å². The van der Waals surface area contributed by atoms with Crippen molar-refractivity contribution in [3.05, 3.63) is 28.3 Å². The van der Waals surface area contributed by atoms with Gasteiger partial charge in [0.25, 0.3) is 5.69 Å². The summed E-state index contributed by atoms with van der Waals surface area (Å²) in [5.74, 6) is 0. The first-order valence-electron chi connectivity index (χ1n) is 5.70. The van der Waals surface area contributed by atoms with Crippen LogP contribution >= 0.6 is 0 Å². The largest absolute Gasteiger partial charge is 0.393 e. The highest BCUT2D eigenvalue weighted by Gasteiger charge is 2.20. The molecule has 0 amide bonds. The van der Waals surface area contributed by atoms with Crippen molar-refractivity contribution in [2.24, 2.45) is 0 Å². The van der Waals surface area contributed by atoms with Gasteiger partial charge in [0.05, 0.1) is 24.6 Å². The average Bonchev–Trinajstić information content (AvgIpc) is 2.28. The normalized spacial score (nSPS) is 20.3. The van der Waals surface area contributed by atoms with Gasteiger partial charge in [0.15, 0.2) is 0 Å². The number of nitrogen functional groups attached to an aromatic ring is 1. The van der Waals surface area contributed by atoms with Gasteiger partial charge < -0.3 is 16.0 Å². The second-order valence-corrected chi connectivity index (χ2v) is 4.45. The van der Waals surface area contributed by atoms with E-state index in [4.69, 9.17) is 5.73 Å². The molecule has 92 valence electrons. The number of nitrogens with two attached hydrogens (primary N) is 2. The molecular formula is C11H17N4O2+. The maximum Gasteiger partial charge on any atom is 0.292 e. The van der Waals surface area contributed by atoms with Crippen molar-refractivity contribution in [3.63, 3.8) is 0 Å². The van der Waals surface area contributed by atoms with Gasteiger partial charge in [-0.15, -0.1) is 0 Å². The Hall–Kier alpha value is -1.82. The molecule has 1 aliphatic heterocycles. The first-order chi connectivity index (χ1) is 8.08. The summed E-state index contributed by atoms with van der Waals surface area (Å²) in [4.78, 5) is 12.4. The lowest BCUT2D eigenvalue weighted by Gasteiger charge is -2.31. The fraction of sp³-hybridized carbons (Fsp3) is 0.455. The number of piperazine rings is 1. The smallest absolute Gasteiger partial charge is 0.292 e. The third kappa shape index (κ3) is 2.47. The quantitative estimate of drug-likeness (QED) is 0.429. The Bertz CT molecular complexity index is 435. The van der Waals surface area contributed by atoms with Gasteiger partial charge in [0.1, 0.15) is 11.7 Å². The lowest BCUT2D eigenvalue weighted by molar-refractivity contribution is -0.687. The Balaban J connectivity index is 2.22. The zero-order valence-corrected chi connectivity index (χ0v) is 9.80. The number of quaternary nitrogens is 1. The number of anilines is 2. The van der Waals surface area contributed by atoms with Gasteiger partial charge in [0.2, 0.25) is 0 Å². The van der Waals surface area contributed by atoms with Gasteiger partial charge in [-0.3, -0.25) is 10.1 Å². The molecule has 17 heavy (non-hydrogen) atoms. The Labute approximate surface area is 99.6 Å². The second kappa shape index (κ2) is 4.58. The molecule has 1 aliphatic rings. The van der Waals surface area contributed by atoms with Crippen molar-refractivity contribution in [1.29, 1.82) is 0 Å². The molecule has 1 atom stereocenters. The SMILES string of the molecule is C[C@H]1CN(c2ccc([N+](=O)[O-])c(N)c2)CC[NH2+]1. The molecule has 0 radical (unpaired) electrons. The molecule has 0 aromatic heterocycles. The highest BCUT2D eigenvalue weighted by atomic mass is 16.6. The molecule has 6 heteroatoms. The predicted octanol–water partition coefficient (Wildman–Crippen LogP) is -0.0511. The molecule has 1 saturated heterocycles. The van der Waals surface area contributed by atoms with Gasteiger partial charge >= 0.3 is 0 Å². The average molecular weight is 237 g/mol. The highest BCUT2D eigenvalue weighted by molar-refractivity contribution is 5.66. The Morgan fingerprint density at radius 3 is 2.94 bits per heavy atom. The van der Waals surface area contributed by atoms with E-state index < -0.39 is 4.92 Å². The molecule has 4 N–H and O–H groups in total. The van der Waals surface area contributed by atoms with E-state index in [9.17, 15) is 10.1 Å². The van der Waals surface area contributed by atoms with Crippen LogP contribution in [-0.2, 0) is 0 Å². The van der Waals surface area contributed by atoms with Gasteiger partial charge in [-0.25, -0.2) is 0 Å². The van der Waals surface area contributed by atoms with Crippen LogP contribution in [0, 0.1) is 10.1 Å². The van der Waals surface area contributed by atoms with Crippen LogP contribution < -0.4 is 16.0 Å². The van der Waals surface area contributed by atoms with Crippen molar-refractivity contribution < 1.29 is 10.2 Å². The van der Waals surface area contributed by atoms with Crippen molar-refractivity contribution in [2.75, 3.05) is 30.3 Å². The molecule has 1 heterocycles. The molecule has 0 aliphatic carbocycles. The zero-order chi connectivity index (χ0) is 12.4. The monoisotopic (exact) mass is 237 g/mol. The maximum atomic E-state index is 10.7. The lowest BCUT2D eigenvalue weighted by Crippen LogP contribution is -2.94. The Morgan fingerprint density at radius 1 is 1.59 bits per heavy atom. The van der Waals surface area contributed by atoms with E-state index in [-0.39, 0.29) is 11.4 Å². The molecule has 0 saturated carbocycles. The van der Waals surface area contributed by atoms with Crippen LogP contribution in [0.5, 0.6) is 0 Å². The highest BCUT2D eigenvalue weighted by Crippen LogP contribution is 2.27. The van der Waals surface area contributed by atoms with Crippen LogP contribution in [0.4, 0.5) is 17.1 Å². The number of nitro groups is 1. The summed E-state index contributed by atoms with van der Waals surface area (Å²) in [7, 11) is 0. The summed E-state index contributed by atoms with van der Waals surface area (Å²) < 4.78 is 0. The topological polar surface area (TPSA) is 89.0 Å². The molecule has 0 spiro atoms. The van der Waals surface area contributed by atoms with E-state index in [0.717, 1.165) is 25.3 Å². The fourth-order valence-corrected chi connectivity index (χ4v) is 2.17. The minimum atomic E-state index is -0.453. The van der Waals surface area contributed by atoms with E-state index in [2.05, 4.69) is 17.1 Å². The number of benzene rings is 1. The van der Waals surface area contributed by atoms with E-state index >= 15 is 0 Å². The number of rotatable bonds is 2. The molecule has 0 unspecified atom stereocenters. The standard InChI is InChI=1S/C11H16N4O2/c1-8-7-14(5-4-13-8)9-2-3-11(15(16)17)10(12)6-9/h2-3,6,8,13H,4-5,7,12H2,1H3/p+1/t8-/m0/s1. The number of nitrogens with zero attached hydrogens (tertiary/aromatic N) is 2. The van der Waals surface area contributed by atoms with Crippen LogP contribution in [0.15, 0.2) is 18.2 Å². The first kappa shape index (κ1) is 11.7. The molecule has 1 aromatic rings. The summed E-state index contributed by atoms with van der Waals surface area (Å²) in [6, 6.07) is 5.48. The first-order valence-corrected chi connectivity index (χ1v) is 5.70. The minimum absolute atomic E-state index is 0.0228. The van der Waals surface area contributed by atoms with Gasteiger partial charge in [-0.1, -0.05) is 0 Å². The zero-order valence-electron chi connectivity index (χ0n) is 9.80. The second-order valence-electron chi connectivity index (χ2n) is 4.45. The van der Waals surface area contributed by atoms with Gasteiger partial charge in [0, 0.05) is 11.8 Å². The molecule has 2 rings (SSSR count). The van der Waals surface area contributed by atoms with Gasteiger partial charge in [-0.05, 0) is 19.1 Å². The summed E-state index contributed by atoms with van der Waals surface area (Å²) in [6.45, 7) is 5.10. The van der Waals surface area contributed by atoms with Crippen LogP contribution in [0.3, 0.4) is 0 Å². The van der Waals surface area contributed by atoms with Crippen molar-refractivity contribution >= 4 is 17.1 Å². The van der Waals surface area contributed by atoms with E-state index in [1.54, 1.807) is 12.1 Å². The summed E-state index contributed by atoms with van der Waals surface area (Å²) in [5.41, 5.74) is 6.86. The Morgan fingerprint density at radius 2 is 2.35 bits per heavy atom. The molecule has 1 aromatic carbocycles. The molecular weight excluding hydrogens is 220 g/mol. The fourth-order valence-electron chi connectivity index (χ4n) is 2.17. The molecule has 1 fully saturated rings. The van der Waals surface area contributed by atoms with E-state index in [1.807, 2.05) is 0 Å². The van der Waals surface area contributed by atoms with Crippen LogP contribution in [-0.4, -0.2) is 30.6 Å².